The number of alkyl halides is 5. The zero-order valence-electron chi connectivity index (χ0n) is 27.2. The summed E-state index contributed by atoms with van der Waals surface area (Å²) in [6, 6.07) is 8.91. The molecule has 5 aromatic rings. The number of ketones is 1. The van der Waals surface area contributed by atoms with Crippen molar-refractivity contribution in [2.75, 3.05) is 5.73 Å². The summed E-state index contributed by atoms with van der Waals surface area (Å²) in [5.74, 6) is -4.33. The number of aliphatic hydroxyl groups is 1. The summed E-state index contributed by atoms with van der Waals surface area (Å²) in [7, 11) is 0. The van der Waals surface area contributed by atoms with Crippen molar-refractivity contribution >= 4 is 29.0 Å². The number of Topliss-reactive ketones (excluding diaryl/α,β-unsaturated/α-hetero) is 1. The third-order valence-electron chi connectivity index (χ3n) is 9.03. The van der Waals surface area contributed by atoms with Gasteiger partial charge in [-0.15, -0.1) is 10.2 Å². The van der Waals surface area contributed by atoms with Crippen LogP contribution in [0.1, 0.15) is 72.4 Å². The molecule has 1 saturated carbocycles. The summed E-state index contributed by atoms with van der Waals surface area (Å²) in [4.78, 5) is 18.5. The molecule has 0 amide bonds. The Hall–Kier alpha value is -5.01. The van der Waals surface area contributed by atoms with Crippen LogP contribution < -0.4 is 5.73 Å². The zero-order chi connectivity index (χ0) is 37.5. The predicted octanol–water partition coefficient (Wildman–Crippen LogP) is 6.84. The van der Waals surface area contributed by atoms with Gasteiger partial charge in [0.2, 0.25) is 5.95 Å². The van der Waals surface area contributed by atoms with Crippen LogP contribution in [0.5, 0.6) is 0 Å². The van der Waals surface area contributed by atoms with Crippen molar-refractivity contribution in [2.45, 2.75) is 69.2 Å². The van der Waals surface area contributed by atoms with Crippen LogP contribution >= 0.6 is 11.6 Å². The number of hydrogen-bond donors (Lipinski definition) is 2. The minimum absolute atomic E-state index is 0.0505. The first-order valence-corrected chi connectivity index (χ1v) is 16.3. The second-order valence-corrected chi connectivity index (χ2v) is 13.9. The SMILES string of the molecule is CC(C)(O)C#Cc1ccc(-c2ccc(Cl)n3c(N)nnc23)c([C@@H](CC(=O)Cn2nc(C(F)(F)F)c3c2C(F)(F)[C@@H]2C[C@H]32)Cc2cc(F)cc(F)c2)n1. The molecule has 3 N–H and O–H groups in total. The Morgan fingerprint density at radius 3 is 2.46 bits per heavy atom. The van der Waals surface area contributed by atoms with Crippen LogP contribution in [0.15, 0.2) is 42.5 Å². The largest absolute Gasteiger partial charge is 0.435 e. The minimum Gasteiger partial charge on any atom is -0.378 e. The molecule has 0 unspecified atom stereocenters. The third-order valence-corrected chi connectivity index (χ3v) is 9.33. The Morgan fingerprint density at radius 2 is 1.79 bits per heavy atom. The zero-order valence-corrected chi connectivity index (χ0v) is 28.0. The number of fused-ring (bicyclic) bond motifs is 4. The summed E-state index contributed by atoms with van der Waals surface area (Å²) < 4.78 is 103. The van der Waals surface area contributed by atoms with E-state index in [-0.39, 0.29) is 46.5 Å². The van der Waals surface area contributed by atoms with Crippen molar-refractivity contribution in [2.24, 2.45) is 5.92 Å². The van der Waals surface area contributed by atoms with Gasteiger partial charge in [-0.05, 0) is 80.5 Å². The first kappa shape index (κ1) is 35.4. The number of anilines is 1. The van der Waals surface area contributed by atoms with E-state index in [0.717, 1.165) is 12.1 Å². The lowest BCUT2D eigenvalue weighted by molar-refractivity contribution is -0.142. The molecule has 7 rings (SSSR count). The van der Waals surface area contributed by atoms with Crippen molar-refractivity contribution < 1.29 is 40.6 Å². The van der Waals surface area contributed by atoms with Gasteiger partial charge in [0.1, 0.15) is 40.3 Å². The highest BCUT2D eigenvalue weighted by Gasteiger charge is 2.68. The highest BCUT2D eigenvalue weighted by Crippen LogP contribution is 2.68. The Balaban J connectivity index is 1.36. The van der Waals surface area contributed by atoms with Gasteiger partial charge in [-0.1, -0.05) is 17.5 Å². The molecule has 0 aliphatic heterocycles. The Bertz CT molecular complexity index is 2320. The number of aromatic nitrogens is 6. The number of pyridine rings is 2. The van der Waals surface area contributed by atoms with Gasteiger partial charge in [-0.3, -0.25) is 13.9 Å². The lowest BCUT2D eigenvalue weighted by Gasteiger charge is -2.21. The van der Waals surface area contributed by atoms with Crippen LogP contribution in [0.2, 0.25) is 5.15 Å². The van der Waals surface area contributed by atoms with E-state index in [1.807, 2.05) is 0 Å². The first-order valence-electron chi connectivity index (χ1n) is 15.9. The number of benzene rings is 1. The molecule has 9 nitrogen and oxygen atoms in total. The monoisotopic (exact) mass is 745 g/mol. The highest BCUT2D eigenvalue weighted by atomic mass is 35.5. The molecule has 2 aliphatic rings. The number of rotatable bonds is 8. The van der Waals surface area contributed by atoms with Gasteiger partial charge < -0.3 is 10.8 Å². The molecule has 1 fully saturated rings. The second kappa shape index (κ2) is 12.3. The fourth-order valence-corrected chi connectivity index (χ4v) is 7.10. The van der Waals surface area contributed by atoms with Gasteiger partial charge in [0.25, 0.3) is 5.92 Å². The fraction of sp³-hybridized carbons (Fsp3) is 0.343. The van der Waals surface area contributed by atoms with Gasteiger partial charge in [0.05, 0.1) is 5.69 Å². The number of nitrogens with zero attached hydrogens (tertiary/aromatic N) is 6. The maximum absolute atomic E-state index is 15.3. The lowest BCUT2D eigenvalue weighted by Crippen LogP contribution is -2.24. The maximum Gasteiger partial charge on any atom is 0.435 e. The average Bonchev–Trinajstić information content (AvgIpc) is 3.52. The standard InChI is InChI=1S/C35H27ClF7N7O2/c1-33(2,52)8-7-20-3-4-22(23-5-6-26(36)50-31(23)46-47-32(50)44)28(45-20)17(9-16-10-18(37)13-19(38)11-16)12-21(51)15-49-30-27(29(48-49)35(41,42)43)24-14-25(24)34(30,39)40/h3-6,10-11,13,17,24-25,52H,9,12,14-15H2,1-2H3,(H2,44,47)/t17-,24+,25-/m1/s1. The number of carbonyl (C=O) groups is 1. The summed E-state index contributed by atoms with van der Waals surface area (Å²) in [5, 5.41) is 21.9. The van der Waals surface area contributed by atoms with E-state index in [4.69, 9.17) is 17.3 Å². The molecule has 0 spiro atoms. The van der Waals surface area contributed by atoms with E-state index in [9.17, 15) is 31.9 Å². The van der Waals surface area contributed by atoms with Crippen molar-refractivity contribution in [1.82, 2.24) is 29.4 Å². The quantitative estimate of drug-likeness (QED) is 0.101. The molecule has 2 aliphatic carbocycles. The van der Waals surface area contributed by atoms with Crippen molar-refractivity contribution in [3.05, 3.63) is 93.2 Å². The normalized spacial score (nSPS) is 18.1. The number of nitrogens with two attached hydrogens (primary N) is 1. The summed E-state index contributed by atoms with van der Waals surface area (Å²) in [5.41, 5.74) is 2.78. The van der Waals surface area contributed by atoms with Gasteiger partial charge in [-0.2, -0.15) is 27.1 Å². The average molecular weight is 746 g/mol. The van der Waals surface area contributed by atoms with E-state index in [1.165, 1.54) is 30.4 Å². The molecule has 0 radical (unpaired) electrons. The molecule has 4 aromatic heterocycles. The van der Waals surface area contributed by atoms with Gasteiger partial charge >= 0.3 is 6.18 Å². The second-order valence-electron chi connectivity index (χ2n) is 13.5. The molecular formula is C35H27ClF7N7O2. The molecular weight excluding hydrogens is 719 g/mol. The van der Waals surface area contributed by atoms with E-state index < -0.39 is 82.8 Å². The molecule has 270 valence electrons. The number of carbonyl (C=O) groups excluding carboxylic acids is 1. The fourth-order valence-electron chi connectivity index (χ4n) is 6.87. The van der Waals surface area contributed by atoms with E-state index >= 15 is 8.78 Å². The smallest absolute Gasteiger partial charge is 0.378 e. The van der Waals surface area contributed by atoms with Gasteiger partial charge in [0.15, 0.2) is 17.1 Å². The van der Waals surface area contributed by atoms with Crippen LogP contribution in [-0.4, -0.2) is 45.9 Å². The van der Waals surface area contributed by atoms with Gasteiger partial charge in [0, 0.05) is 41.0 Å². The van der Waals surface area contributed by atoms with Crippen molar-refractivity contribution in [3.8, 4) is 23.0 Å². The Labute approximate surface area is 295 Å². The van der Waals surface area contributed by atoms with Gasteiger partial charge in [-0.25, -0.2) is 13.8 Å². The molecule has 4 heterocycles. The predicted molar refractivity (Wildman–Crippen MR) is 173 cm³/mol. The minimum atomic E-state index is -5.03. The Morgan fingerprint density at radius 1 is 1.10 bits per heavy atom. The molecule has 17 heteroatoms. The lowest BCUT2D eigenvalue weighted by atomic mass is 9.86. The summed E-state index contributed by atoms with van der Waals surface area (Å²) in [6.45, 7) is 1.94. The number of halogens is 8. The van der Waals surface area contributed by atoms with E-state index in [2.05, 4.69) is 32.1 Å². The van der Waals surface area contributed by atoms with Crippen LogP contribution in [0.3, 0.4) is 0 Å². The van der Waals surface area contributed by atoms with E-state index in [0.29, 0.717) is 21.9 Å². The summed E-state index contributed by atoms with van der Waals surface area (Å²) in [6.07, 6.45) is -5.94. The number of nitrogen functional groups attached to an aromatic ring is 1. The summed E-state index contributed by atoms with van der Waals surface area (Å²) >= 11 is 6.36. The topological polar surface area (TPSA) is 124 Å². The van der Waals surface area contributed by atoms with Crippen molar-refractivity contribution in [1.29, 1.82) is 0 Å². The Kier molecular flexibility index (Phi) is 8.37. The van der Waals surface area contributed by atoms with Crippen LogP contribution in [0, 0.1) is 29.4 Å². The number of hydrogen-bond acceptors (Lipinski definition) is 7. The molecule has 0 bridgehead atoms. The van der Waals surface area contributed by atoms with Crippen molar-refractivity contribution in [3.63, 3.8) is 0 Å². The van der Waals surface area contributed by atoms with Crippen LogP contribution in [0.4, 0.5) is 36.7 Å². The third kappa shape index (κ3) is 6.47. The molecule has 52 heavy (non-hydrogen) atoms. The van der Waals surface area contributed by atoms with Crippen LogP contribution in [-0.2, 0) is 29.9 Å². The molecule has 0 saturated heterocycles. The molecule has 1 aromatic carbocycles. The first-order chi connectivity index (χ1) is 24.3. The van der Waals surface area contributed by atoms with E-state index in [1.54, 1.807) is 12.1 Å². The molecule has 3 atom stereocenters. The van der Waals surface area contributed by atoms with Crippen LogP contribution in [0.25, 0.3) is 16.8 Å². The maximum atomic E-state index is 15.3. The highest BCUT2D eigenvalue weighted by molar-refractivity contribution is 6.30.